The highest BCUT2D eigenvalue weighted by atomic mass is 16.2. The molecule has 0 radical (unpaired) electrons. The quantitative estimate of drug-likeness (QED) is 0.764. The predicted octanol–water partition coefficient (Wildman–Crippen LogP) is 0.288. The number of carbonyl (C=O) groups is 1. The van der Waals surface area contributed by atoms with Crippen LogP contribution in [0.3, 0.4) is 0 Å². The molecule has 102 valence electrons. The second-order valence-corrected chi connectivity index (χ2v) is 5.28. The Bertz CT molecular complexity index is 303. The van der Waals surface area contributed by atoms with Crippen LogP contribution in [0.5, 0.6) is 0 Å². The topological polar surface area (TPSA) is 59.4 Å². The molecule has 0 bridgehead atoms. The molecule has 0 aromatic carbocycles. The molecule has 0 saturated carbocycles. The highest BCUT2D eigenvalue weighted by molar-refractivity contribution is 5.77. The average molecular weight is 252 g/mol. The third kappa shape index (κ3) is 5.03. The van der Waals surface area contributed by atoms with Crippen LogP contribution in [0.4, 0.5) is 0 Å². The van der Waals surface area contributed by atoms with E-state index in [1.165, 1.54) is 0 Å². The molecular formula is C13H24N4O. The Morgan fingerprint density at radius 1 is 1.50 bits per heavy atom. The minimum absolute atomic E-state index is 0.0679. The lowest BCUT2D eigenvalue weighted by atomic mass is 10.0. The molecule has 1 aliphatic heterocycles. The summed E-state index contributed by atoms with van der Waals surface area (Å²) in [6.45, 7) is 5.13. The molecule has 1 fully saturated rings. The lowest BCUT2D eigenvalue weighted by Crippen LogP contribution is -2.46. The monoisotopic (exact) mass is 252 g/mol. The largest absolute Gasteiger partial charge is 0.348 e. The molecule has 5 nitrogen and oxygen atoms in total. The summed E-state index contributed by atoms with van der Waals surface area (Å²) < 4.78 is 0. The maximum Gasteiger partial charge on any atom is 0.236 e. The fraction of sp³-hybridized carbons (Fsp3) is 0.846. The maximum absolute atomic E-state index is 11.6. The van der Waals surface area contributed by atoms with Crippen LogP contribution < -0.4 is 5.32 Å². The van der Waals surface area contributed by atoms with Gasteiger partial charge >= 0.3 is 0 Å². The van der Waals surface area contributed by atoms with E-state index < -0.39 is 0 Å². The standard InChI is InChI=1S/C13H24N4O/c1-11(8-14)9-15-12-4-6-17(7-5-12)10-13(18)16(2)3/h11-12,15H,4-7,9-10H2,1-3H3. The van der Waals surface area contributed by atoms with Crippen LogP contribution in [-0.4, -0.2) is 62.0 Å². The molecule has 1 rings (SSSR count). The number of nitriles is 1. The molecule has 18 heavy (non-hydrogen) atoms. The number of likely N-dealkylation sites (N-methyl/N-ethyl adjacent to an activating group) is 1. The summed E-state index contributed by atoms with van der Waals surface area (Å²) in [5.41, 5.74) is 0. The second-order valence-electron chi connectivity index (χ2n) is 5.28. The minimum atomic E-state index is 0.0679. The van der Waals surface area contributed by atoms with Crippen molar-refractivity contribution in [3.05, 3.63) is 0 Å². The van der Waals surface area contributed by atoms with Gasteiger partial charge in [-0.25, -0.2) is 0 Å². The van der Waals surface area contributed by atoms with Gasteiger partial charge in [0.05, 0.1) is 18.5 Å². The van der Waals surface area contributed by atoms with Crippen molar-refractivity contribution in [3.63, 3.8) is 0 Å². The van der Waals surface area contributed by atoms with E-state index in [4.69, 9.17) is 5.26 Å². The molecular weight excluding hydrogens is 228 g/mol. The summed E-state index contributed by atoms with van der Waals surface area (Å²) in [7, 11) is 3.58. The number of carbonyl (C=O) groups excluding carboxylic acids is 1. The Labute approximate surface area is 110 Å². The van der Waals surface area contributed by atoms with E-state index in [2.05, 4.69) is 16.3 Å². The van der Waals surface area contributed by atoms with Gasteiger partial charge in [0, 0.05) is 39.8 Å². The van der Waals surface area contributed by atoms with Crippen LogP contribution in [0.25, 0.3) is 0 Å². The van der Waals surface area contributed by atoms with Gasteiger partial charge in [0.2, 0.25) is 5.91 Å². The molecule has 1 amide bonds. The Balaban J connectivity index is 2.21. The number of hydrogen-bond donors (Lipinski definition) is 1. The zero-order valence-corrected chi connectivity index (χ0v) is 11.6. The van der Waals surface area contributed by atoms with Crippen molar-refractivity contribution >= 4 is 5.91 Å². The fourth-order valence-electron chi connectivity index (χ4n) is 2.02. The van der Waals surface area contributed by atoms with E-state index in [1.54, 1.807) is 19.0 Å². The van der Waals surface area contributed by atoms with Crippen LogP contribution in [0.1, 0.15) is 19.8 Å². The van der Waals surface area contributed by atoms with E-state index in [9.17, 15) is 4.79 Å². The zero-order valence-electron chi connectivity index (χ0n) is 11.6. The van der Waals surface area contributed by atoms with E-state index in [0.29, 0.717) is 12.6 Å². The highest BCUT2D eigenvalue weighted by Gasteiger charge is 2.21. The molecule has 1 N–H and O–H groups in total. The van der Waals surface area contributed by atoms with Crippen molar-refractivity contribution in [1.82, 2.24) is 15.1 Å². The number of rotatable bonds is 5. The Morgan fingerprint density at radius 2 is 2.11 bits per heavy atom. The van der Waals surface area contributed by atoms with Crippen LogP contribution in [0, 0.1) is 17.2 Å². The van der Waals surface area contributed by atoms with Gasteiger partial charge in [-0.3, -0.25) is 9.69 Å². The molecule has 0 spiro atoms. The van der Waals surface area contributed by atoms with Crippen LogP contribution >= 0.6 is 0 Å². The molecule has 5 heteroatoms. The third-order valence-electron chi connectivity index (χ3n) is 3.38. The fourth-order valence-corrected chi connectivity index (χ4v) is 2.02. The zero-order chi connectivity index (χ0) is 13.5. The summed E-state index contributed by atoms with van der Waals surface area (Å²) in [5.74, 6) is 0.234. The van der Waals surface area contributed by atoms with Gasteiger partial charge in [0.1, 0.15) is 0 Å². The normalized spacial score (nSPS) is 19.2. The first-order chi connectivity index (χ1) is 8.52. The van der Waals surface area contributed by atoms with Crippen LogP contribution in [0.15, 0.2) is 0 Å². The van der Waals surface area contributed by atoms with Crippen molar-refractivity contribution in [2.75, 3.05) is 40.3 Å². The summed E-state index contributed by atoms with van der Waals surface area (Å²) >= 11 is 0. The minimum Gasteiger partial charge on any atom is -0.348 e. The van der Waals surface area contributed by atoms with E-state index in [1.807, 2.05) is 6.92 Å². The molecule has 0 aromatic rings. The first kappa shape index (κ1) is 14.9. The Hall–Kier alpha value is -1.12. The van der Waals surface area contributed by atoms with Crippen molar-refractivity contribution in [1.29, 1.82) is 5.26 Å². The van der Waals surface area contributed by atoms with E-state index in [-0.39, 0.29) is 11.8 Å². The van der Waals surface area contributed by atoms with Gasteiger partial charge in [-0.1, -0.05) is 0 Å². The number of hydrogen-bond acceptors (Lipinski definition) is 4. The summed E-state index contributed by atoms with van der Waals surface area (Å²) in [5, 5.41) is 12.1. The molecule has 1 unspecified atom stereocenters. The lowest BCUT2D eigenvalue weighted by Gasteiger charge is -2.32. The predicted molar refractivity (Wildman–Crippen MR) is 70.9 cm³/mol. The van der Waals surface area contributed by atoms with Crippen LogP contribution in [-0.2, 0) is 4.79 Å². The van der Waals surface area contributed by atoms with Crippen molar-refractivity contribution in [2.45, 2.75) is 25.8 Å². The van der Waals surface area contributed by atoms with E-state index in [0.717, 1.165) is 32.5 Å². The highest BCUT2D eigenvalue weighted by Crippen LogP contribution is 2.10. The Kier molecular flexibility index (Phi) is 6.10. The van der Waals surface area contributed by atoms with Gasteiger partial charge in [-0.05, 0) is 19.8 Å². The Morgan fingerprint density at radius 3 is 2.61 bits per heavy atom. The summed E-state index contributed by atoms with van der Waals surface area (Å²) in [6.07, 6.45) is 2.11. The van der Waals surface area contributed by atoms with E-state index >= 15 is 0 Å². The average Bonchev–Trinajstić information content (AvgIpc) is 2.37. The van der Waals surface area contributed by atoms with Gasteiger partial charge in [-0.15, -0.1) is 0 Å². The first-order valence-corrected chi connectivity index (χ1v) is 6.58. The maximum atomic E-state index is 11.6. The van der Waals surface area contributed by atoms with Gasteiger partial charge in [0.15, 0.2) is 0 Å². The summed E-state index contributed by atoms with van der Waals surface area (Å²) in [4.78, 5) is 15.4. The second kappa shape index (κ2) is 7.34. The van der Waals surface area contributed by atoms with Crippen LogP contribution in [0.2, 0.25) is 0 Å². The molecule has 1 aliphatic rings. The third-order valence-corrected chi connectivity index (χ3v) is 3.38. The van der Waals surface area contributed by atoms with Gasteiger partial charge < -0.3 is 10.2 Å². The smallest absolute Gasteiger partial charge is 0.236 e. The SMILES string of the molecule is CC(C#N)CNC1CCN(CC(=O)N(C)C)CC1. The summed E-state index contributed by atoms with van der Waals surface area (Å²) in [6, 6.07) is 2.72. The molecule has 1 saturated heterocycles. The number of nitrogens with zero attached hydrogens (tertiary/aromatic N) is 3. The first-order valence-electron chi connectivity index (χ1n) is 6.58. The molecule has 1 heterocycles. The van der Waals surface area contributed by atoms with Crippen molar-refractivity contribution in [2.24, 2.45) is 5.92 Å². The number of likely N-dealkylation sites (tertiary alicyclic amines) is 1. The molecule has 1 atom stereocenters. The lowest BCUT2D eigenvalue weighted by molar-refractivity contribution is -0.130. The number of piperidine rings is 1. The van der Waals surface area contributed by atoms with Gasteiger partial charge in [-0.2, -0.15) is 5.26 Å². The molecule has 0 aromatic heterocycles. The number of amides is 1. The number of nitrogens with one attached hydrogen (secondary N) is 1. The molecule has 0 aliphatic carbocycles. The van der Waals surface area contributed by atoms with Crippen molar-refractivity contribution < 1.29 is 4.79 Å². The van der Waals surface area contributed by atoms with Gasteiger partial charge in [0.25, 0.3) is 0 Å². The van der Waals surface area contributed by atoms with Crippen molar-refractivity contribution in [3.8, 4) is 6.07 Å².